The minimum absolute atomic E-state index is 0.471. The summed E-state index contributed by atoms with van der Waals surface area (Å²) in [6, 6.07) is 0.471. The average Bonchev–Trinajstić information content (AvgIpc) is 2.01. The fraction of sp³-hybridized carbons (Fsp3) is 0.909. The van der Waals surface area contributed by atoms with Gasteiger partial charge in [-0.2, -0.15) is 0 Å². The standard InChI is InChI=1S/C10H21N.CH2O3/c1-7(2)9-5-4-8(3)6-10(9)11;2-1(3)4/h7-10H,4-6,11H2,1-3H3;(H2,2,3,4). The SMILES string of the molecule is CC1CCC(C(C)C)C(N)C1.O=C(O)O. The molecule has 1 rings (SSSR count). The summed E-state index contributed by atoms with van der Waals surface area (Å²) in [5, 5.41) is 13.9. The molecule has 4 nitrogen and oxygen atoms in total. The van der Waals surface area contributed by atoms with Crippen LogP contribution in [0, 0.1) is 17.8 Å². The number of hydrogen-bond donors (Lipinski definition) is 3. The first-order valence-electron chi connectivity index (χ1n) is 5.52. The van der Waals surface area contributed by atoms with Crippen LogP contribution in [0.2, 0.25) is 0 Å². The fourth-order valence-electron chi connectivity index (χ4n) is 2.28. The Kier molecular flexibility index (Phi) is 6.32. The van der Waals surface area contributed by atoms with Crippen molar-refractivity contribution in [2.45, 2.75) is 46.1 Å². The summed E-state index contributed by atoms with van der Waals surface area (Å²) in [7, 11) is 0. The highest BCUT2D eigenvalue weighted by atomic mass is 16.6. The molecular formula is C11H23NO3. The zero-order valence-electron chi connectivity index (χ0n) is 9.81. The fourth-order valence-corrected chi connectivity index (χ4v) is 2.28. The third-order valence-electron chi connectivity index (χ3n) is 3.07. The molecule has 1 fully saturated rings. The molecule has 3 unspecified atom stereocenters. The molecule has 15 heavy (non-hydrogen) atoms. The summed E-state index contributed by atoms with van der Waals surface area (Å²) < 4.78 is 0. The van der Waals surface area contributed by atoms with Crippen LogP contribution in [0.1, 0.15) is 40.0 Å². The van der Waals surface area contributed by atoms with Crippen molar-refractivity contribution in [1.82, 2.24) is 0 Å². The van der Waals surface area contributed by atoms with Gasteiger partial charge in [-0.05, 0) is 30.6 Å². The predicted octanol–water partition coefficient (Wildman–Crippen LogP) is 2.63. The Hall–Kier alpha value is -0.770. The van der Waals surface area contributed by atoms with Gasteiger partial charge in [0.2, 0.25) is 0 Å². The molecule has 1 saturated carbocycles. The minimum atomic E-state index is -1.83. The van der Waals surface area contributed by atoms with Crippen molar-refractivity contribution in [3.63, 3.8) is 0 Å². The van der Waals surface area contributed by atoms with Gasteiger partial charge < -0.3 is 15.9 Å². The van der Waals surface area contributed by atoms with E-state index in [1.807, 2.05) is 0 Å². The van der Waals surface area contributed by atoms with Gasteiger partial charge in [0.25, 0.3) is 0 Å². The van der Waals surface area contributed by atoms with Gasteiger partial charge in [0, 0.05) is 6.04 Å². The molecule has 0 amide bonds. The molecule has 0 aromatic carbocycles. The first kappa shape index (κ1) is 14.2. The topological polar surface area (TPSA) is 83.6 Å². The van der Waals surface area contributed by atoms with Crippen LogP contribution in [0.4, 0.5) is 4.79 Å². The highest BCUT2D eigenvalue weighted by Crippen LogP contribution is 2.31. The van der Waals surface area contributed by atoms with Crippen LogP contribution in [0.25, 0.3) is 0 Å². The Labute approximate surface area is 91.5 Å². The average molecular weight is 217 g/mol. The smallest absolute Gasteiger partial charge is 0.450 e. The Morgan fingerprint density at radius 1 is 1.33 bits per heavy atom. The number of carbonyl (C=O) groups is 1. The summed E-state index contributed by atoms with van der Waals surface area (Å²) in [6.07, 6.45) is 2.14. The van der Waals surface area contributed by atoms with Gasteiger partial charge in [-0.15, -0.1) is 0 Å². The second-order valence-electron chi connectivity index (χ2n) is 4.77. The van der Waals surface area contributed by atoms with Gasteiger partial charge in [0.1, 0.15) is 0 Å². The quantitative estimate of drug-likeness (QED) is 0.630. The number of carboxylic acid groups (broad SMARTS) is 2. The summed E-state index contributed by atoms with van der Waals surface area (Å²) in [5.74, 6) is 2.42. The Morgan fingerprint density at radius 3 is 2.13 bits per heavy atom. The summed E-state index contributed by atoms with van der Waals surface area (Å²) in [4.78, 5) is 8.56. The lowest BCUT2D eigenvalue weighted by molar-refractivity contribution is 0.137. The van der Waals surface area contributed by atoms with E-state index in [4.69, 9.17) is 20.7 Å². The highest BCUT2D eigenvalue weighted by Gasteiger charge is 2.27. The summed E-state index contributed by atoms with van der Waals surface area (Å²) >= 11 is 0. The van der Waals surface area contributed by atoms with Crippen molar-refractivity contribution in [2.75, 3.05) is 0 Å². The zero-order valence-corrected chi connectivity index (χ0v) is 9.81. The molecule has 0 aliphatic heterocycles. The molecule has 1 aliphatic carbocycles. The molecule has 0 aromatic heterocycles. The van der Waals surface area contributed by atoms with E-state index < -0.39 is 6.16 Å². The summed E-state index contributed by atoms with van der Waals surface area (Å²) in [5.41, 5.74) is 6.07. The molecule has 0 aromatic rings. The maximum Gasteiger partial charge on any atom is 0.503 e. The predicted molar refractivity (Wildman–Crippen MR) is 60.0 cm³/mol. The maximum atomic E-state index is 8.56. The van der Waals surface area contributed by atoms with Gasteiger partial charge in [-0.3, -0.25) is 0 Å². The Bertz CT molecular complexity index is 190. The highest BCUT2D eigenvalue weighted by molar-refractivity contribution is 5.53. The zero-order chi connectivity index (χ0) is 12.0. The minimum Gasteiger partial charge on any atom is -0.450 e. The van der Waals surface area contributed by atoms with E-state index in [0.717, 1.165) is 17.8 Å². The van der Waals surface area contributed by atoms with Crippen molar-refractivity contribution in [1.29, 1.82) is 0 Å². The molecule has 3 atom stereocenters. The van der Waals surface area contributed by atoms with Gasteiger partial charge in [-0.25, -0.2) is 4.79 Å². The van der Waals surface area contributed by atoms with Crippen molar-refractivity contribution in [3.8, 4) is 0 Å². The molecule has 0 radical (unpaired) electrons. The van der Waals surface area contributed by atoms with Gasteiger partial charge in [0.15, 0.2) is 0 Å². The van der Waals surface area contributed by atoms with Crippen LogP contribution < -0.4 is 5.73 Å². The van der Waals surface area contributed by atoms with E-state index in [1.165, 1.54) is 19.3 Å². The lowest BCUT2D eigenvalue weighted by Crippen LogP contribution is -2.38. The van der Waals surface area contributed by atoms with E-state index >= 15 is 0 Å². The van der Waals surface area contributed by atoms with Crippen molar-refractivity contribution >= 4 is 6.16 Å². The molecular weight excluding hydrogens is 194 g/mol. The van der Waals surface area contributed by atoms with Gasteiger partial charge >= 0.3 is 6.16 Å². The molecule has 90 valence electrons. The molecule has 1 aliphatic rings. The molecule has 4 heteroatoms. The van der Waals surface area contributed by atoms with E-state index in [2.05, 4.69) is 20.8 Å². The Balaban J connectivity index is 0.000000423. The Morgan fingerprint density at radius 2 is 1.80 bits per heavy atom. The van der Waals surface area contributed by atoms with E-state index in [9.17, 15) is 0 Å². The van der Waals surface area contributed by atoms with Crippen molar-refractivity contribution in [2.24, 2.45) is 23.5 Å². The van der Waals surface area contributed by atoms with E-state index in [-0.39, 0.29) is 0 Å². The molecule has 0 bridgehead atoms. The van der Waals surface area contributed by atoms with E-state index in [1.54, 1.807) is 0 Å². The molecule has 0 spiro atoms. The lowest BCUT2D eigenvalue weighted by atomic mass is 9.74. The third kappa shape index (κ3) is 6.33. The number of rotatable bonds is 1. The van der Waals surface area contributed by atoms with Crippen molar-refractivity contribution in [3.05, 3.63) is 0 Å². The molecule has 0 saturated heterocycles. The maximum absolute atomic E-state index is 8.56. The van der Waals surface area contributed by atoms with Gasteiger partial charge in [0.05, 0.1) is 0 Å². The second-order valence-corrected chi connectivity index (χ2v) is 4.77. The van der Waals surface area contributed by atoms with Crippen LogP contribution in [-0.2, 0) is 0 Å². The van der Waals surface area contributed by atoms with Crippen LogP contribution in [0.15, 0.2) is 0 Å². The van der Waals surface area contributed by atoms with Crippen LogP contribution in [0.5, 0.6) is 0 Å². The van der Waals surface area contributed by atoms with Crippen LogP contribution >= 0.6 is 0 Å². The molecule has 0 heterocycles. The molecule has 4 N–H and O–H groups in total. The lowest BCUT2D eigenvalue weighted by Gasteiger charge is -2.34. The first-order chi connectivity index (χ1) is 6.84. The normalized spacial score (nSPS) is 30.6. The van der Waals surface area contributed by atoms with Crippen LogP contribution in [0.3, 0.4) is 0 Å². The number of nitrogens with two attached hydrogens (primary N) is 1. The van der Waals surface area contributed by atoms with Crippen molar-refractivity contribution < 1.29 is 15.0 Å². The largest absolute Gasteiger partial charge is 0.503 e. The van der Waals surface area contributed by atoms with Gasteiger partial charge in [-0.1, -0.05) is 27.2 Å². The number of hydrogen-bond acceptors (Lipinski definition) is 2. The second kappa shape index (κ2) is 6.67. The summed E-state index contributed by atoms with van der Waals surface area (Å²) in [6.45, 7) is 6.90. The van der Waals surface area contributed by atoms with E-state index in [0.29, 0.717) is 6.04 Å². The first-order valence-corrected chi connectivity index (χ1v) is 5.52. The third-order valence-corrected chi connectivity index (χ3v) is 3.07. The monoisotopic (exact) mass is 217 g/mol. The van der Waals surface area contributed by atoms with Crippen LogP contribution in [-0.4, -0.2) is 22.4 Å².